The molecule has 0 aromatic carbocycles. The molecule has 1 rings (SSSR count). The quantitative estimate of drug-likeness (QED) is 0.746. The van der Waals surface area contributed by atoms with Crippen LogP contribution in [0.2, 0.25) is 0 Å². The number of aromatic nitrogens is 2. The number of hydrogen-bond acceptors (Lipinski definition) is 2. The Morgan fingerprint density at radius 1 is 1.36 bits per heavy atom. The van der Waals surface area contributed by atoms with Crippen LogP contribution in [-0.2, 0) is 12.0 Å². The average Bonchev–Trinajstić information content (AvgIpc) is 2.52. The molecule has 0 fully saturated rings. The molecule has 0 amide bonds. The minimum absolute atomic E-state index is 0.0894. The van der Waals surface area contributed by atoms with Gasteiger partial charge in [0.15, 0.2) is 0 Å². The van der Waals surface area contributed by atoms with Gasteiger partial charge in [-0.3, -0.25) is 4.68 Å². The molecule has 1 heterocycles. The maximum Gasteiger partial charge on any atom is 0.0543 e. The van der Waals surface area contributed by atoms with E-state index in [1.54, 1.807) is 0 Å². The Morgan fingerprint density at radius 2 is 2.07 bits per heavy atom. The van der Waals surface area contributed by atoms with E-state index in [9.17, 15) is 0 Å². The van der Waals surface area contributed by atoms with Gasteiger partial charge in [-0.25, -0.2) is 0 Å². The van der Waals surface area contributed by atoms with Crippen LogP contribution in [0.15, 0.2) is 12.4 Å². The second-order valence-electron chi connectivity index (χ2n) is 4.71. The van der Waals surface area contributed by atoms with E-state index < -0.39 is 0 Å². The van der Waals surface area contributed by atoms with Crippen molar-refractivity contribution in [3.8, 4) is 0 Å². The van der Waals surface area contributed by atoms with Crippen molar-refractivity contribution in [3.05, 3.63) is 18.0 Å². The fourth-order valence-corrected chi connectivity index (χ4v) is 1.33. The molecule has 80 valence electrons. The number of nitrogens with two attached hydrogens (primary N) is 1. The molecule has 0 saturated carbocycles. The molecule has 0 bridgehead atoms. The highest BCUT2D eigenvalue weighted by Crippen LogP contribution is 2.14. The summed E-state index contributed by atoms with van der Waals surface area (Å²) in [5.74, 6) is 0. The molecular weight excluding hydrogens is 174 g/mol. The Morgan fingerprint density at radius 3 is 2.57 bits per heavy atom. The van der Waals surface area contributed by atoms with Crippen molar-refractivity contribution in [3.63, 3.8) is 0 Å². The van der Waals surface area contributed by atoms with Crippen molar-refractivity contribution in [1.82, 2.24) is 9.78 Å². The third-order valence-corrected chi connectivity index (χ3v) is 2.24. The van der Waals surface area contributed by atoms with Gasteiger partial charge in [0.1, 0.15) is 0 Å². The Balaban J connectivity index is 2.51. The Hall–Kier alpha value is -0.830. The molecule has 1 aromatic heterocycles. The zero-order chi connectivity index (χ0) is 10.6. The van der Waals surface area contributed by atoms with Crippen LogP contribution in [0.3, 0.4) is 0 Å². The van der Waals surface area contributed by atoms with Gasteiger partial charge in [-0.15, -0.1) is 0 Å². The minimum Gasteiger partial charge on any atom is -0.330 e. The van der Waals surface area contributed by atoms with E-state index in [0.29, 0.717) is 0 Å². The summed E-state index contributed by atoms with van der Waals surface area (Å²) in [6.45, 7) is 7.25. The lowest BCUT2D eigenvalue weighted by atomic mass is 10.1. The molecule has 0 aliphatic carbocycles. The zero-order valence-electron chi connectivity index (χ0n) is 9.45. The Kier molecular flexibility index (Phi) is 3.69. The summed E-state index contributed by atoms with van der Waals surface area (Å²) in [4.78, 5) is 0. The van der Waals surface area contributed by atoms with Crippen molar-refractivity contribution in [2.45, 2.75) is 45.6 Å². The first-order valence-electron chi connectivity index (χ1n) is 5.28. The highest BCUT2D eigenvalue weighted by molar-refractivity contribution is 5.05. The molecule has 3 nitrogen and oxygen atoms in total. The van der Waals surface area contributed by atoms with Gasteiger partial charge in [-0.1, -0.05) is 0 Å². The molecule has 0 atom stereocenters. The van der Waals surface area contributed by atoms with E-state index in [2.05, 4.69) is 32.1 Å². The first-order chi connectivity index (χ1) is 6.54. The van der Waals surface area contributed by atoms with Gasteiger partial charge < -0.3 is 5.73 Å². The molecule has 2 N–H and O–H groups in total. The second kappa shape index (κ2) is 4.60. The normalized spacial score (nSPS) is 12.0. The molecule has 0 radical (unpaired) electrons. The van der Waals surface area contributed by atoms with Crippen LogP contribution in [0.4, 0.5) is 0 Å². The van der Waals surface area contributed by atoms with E-state index in [0.717, 1.165) is 25.8 Å². The molecule has 3 heteroatoms. The molecule has 0 unspecified atom stereocenters. The highest BCUT2D eigenvalue weighted by atomic mass is 15.3. The third-order valence-electron chi connectivity index (χ3n) is 2.24. The molecule has 0 aliphatic rings. The molecule has 0 aliphatic heterocycles. The molecule has 1 aromatic rings. The first kappa shape index (κ1) is 11.2. The second-order valence-corrected chi connectivity index (χ2v) is 4.71. The predicted molar refractivity (Wildman–Crippen MR) is 59.2 cm³/mol. The van der Waals surface area contributed by atoms with Gasteiger partial charge in [0.05, 0.1) is 11.7 Å². The Labute approximate surface area is 86.3 Å². The van der Waals surface area contributed by atoms with E-state index in [1.165, 1.54) is 5.56 Å². The van der Waals surface area contributed by atoms with Crippen LogP contribution in [0, 0.1) is 0 Å². The standard InChI is InChI=1S/C11H21N3/c1-11(2,3)14-9-10(8-13-14)6-4-5-7-12/h8-9H,4-7,12H2,1-3H3. The van der Waals surface area contributed by atoms with E-state index >= 15 is 0 Å². The average molecular weight is 195 g/mol. The monoisotopic (exact) mass is 195 g/mol. The van der Waals surface area contributed by atoms with Crippen LogP contribution in [0.5, 0.6) is 0 Å². The van der Waals surface area contributed by atoms with E-state index in [4.69, 9.17) is 5.73 Å². The smallest absolute Gasteiger partial charge is 0.0543 e. The lowest BCUT2D eigenvalue weighted by Crippen LogP contribution is -2.21. The highest BCUT2D eigenvalue weighted by Gasteiger charge is 2.13. The fourth-order valence-electron chi connectivity index (χ4n) is 1.33. The zero-order valence-corrected chi connectivity index (χ0v) is 9.45. The largest absolute Gasteiger partial charge is 0.330 e. The predicted octanol–water partition coefficient (Wildman–Crippen LogP) is 1.92. The third kappa shape index (κ3) is 3.14. The number of rotatable bonds is 4. The maximum absolute atomic E-state index is 5.45. The molecule has 14 heavy (non-hydrogen) atoms. The van der Waals surface area contributed by atoms with Crippen molar-refractivity contribution in [2.24, 2.45) is 5.73 Å². The van der Waals surface area contributed by atoms with Gasteiger partial charge in [0, 0.05) is 6.20 Å². The van der Waals surface area contributed by atoms with Crippen molar-refractivity contribution >= 4 is 0 Å². The van der Waals surface area contributed by atoms with Crippen LogP contribution >= 0.6 is 0 Å². The van der Waals surface area contributed by atoms with E-state index in [1.807, 2.05) is 10.9 Å². The Bertz CT molecular complexity index is 270. The summed E-state index contributed by atoms with van der Waals surface area (Å²) in [5.41, 5.74) is 6.85. The molecule has 0 saturated heterocycles. The van der Waals surface area contributed by atoms with Crippen molar-refractivity contribution < 1.29 is 0 Å². The number of unbranched alkanes of at least 4 members (excludes halogenated alkanes) is 1. The van der Waals surface area contributed by atoms with E-state index in [-0.39, 0.29) is 5.54 Å². The summed E-state index contributed by atoms with van der Waals surface area (Å²) in [6.07, 6.45) is 7.44. The summed E-state index contributed by atoms with van der Waals surface area (Å²) in [5, 5.41) is 4.35. The lowest BCUT2D eigenvalue weighted by Gasteiger charge is -2.18. The van der Waals surface area contributed by atoms with Gasteiger partial charge in [-0.05, 0) is 52.1 Å². The van der Waals surface area contributed by atoms with Crippen molar-refractivity contribution in [2.75, 3.05) is 6.54 Å². The summed E-state index contributed by atoms with van der Waals surface area (Å²) in [7, 11) is 0. The number of hydrogen-bond donors (Lipinski definition) is 1. The number of nitrogens with zero attached hydrogens (tertiary/aromatic N) is 2. The van der Waals surface area contributed by atoms with Crippen LogP contribution in [0.25, 0.3) is 0 Å². The maximum atomic E-state index is 5.45. The van der Waals surface area contributed by atoms with Gasteiger partial charge in [0.25, 0.3) is 0 Å². The minimum atomic E-state index is 0.0894. The van der Waals surface area contributed by atoms with Gasteiger partial charge in [0.2, 0.25) is 0 Å². The van der Waals surface area contributed by atoms with Gasteiger partial charge in [-0.2, -0.15) is 5.10 Å². The topological polar surface area (TPSA) is 43.8 Å². The fraction of sp³-hybridized carbons (Fsp3) is 0.727. The summed E-state index contributed by atoms with van der Waals surface area (Å²) >= 11 is 0. The number of aryl methyl sites for hydroxylation is 1. The SMILES string of the molecule is CC(C)(C)n1cc(CCCCN)cn1. The summed E-state index contributed by atoms with van der Waals surface area (Å²) in [6, 6.07) is 0. The van der Waals surface area contributed by atoms with Crippen LogP contribution < -0.4 is 5.73 Å². The molecular formula is C11H21N3. The first-order valence-corrected chi connectivity index (χ1v) is 5.28. The van der Waals surface area contributed by atoms with Crippen LogP contribution in [0.1, 0.15) is 39.2 Å². The van der Waals surface area contributed by atoms with Gasteiger partial charge >= 0.3 is 0 Å². The lowest BCUT2D eigenvalue weighted by molar-refractivity contribution is 0.355. The van der Waals surface area contributed by atoms with Crippen molar-refractivity contribution in [1.29, 1.82) is 0 Å². The summed E-state index contributed by atoms with van der Waals surface area (Å²) < 4.78 is 2.02. The molecule has 0 spiro atoms. The van der Waals surface area contributed by atoms with Crippen LogP contribution in [-0.4, -0.2) is 16.3 Å².